The van der Waals surface area contributed by atoms with Gasteiger partial charge in [-0.2, -0.15) is 0 Å². The SMILES string of the molecule is C=CCNC(=O)NC(=O)COC(=O)[C@@H](c1ccc(Cl)cc1)C(C)C. The fourth-order valence-corrected chi connectivity index (χ4v) is 2.19. The Morgan fingerprint density at radius 2 is 1.88 bits per heavy atom. The molecule has 2 N–H and O–H groups in total. The van der Waals surface area contributed by atoms with Gasteiger partial charge in [0.1, 0.15) is 0 Å². The summed E-state index contributed by atoms with van der Waals surface area (Å²) in [5.74, 6) is -1.79. The van der Waals surface area contributed by atoms with E-state index in [4.69, 9.17) is 16.3 Å². The van der Waals surface area contributed by atoms with E-state index in [2.05, 4.69) is 17.2 Å². The molecule has 0 radical (unpaired) electrons. The molecule has 0 bridgehead atoms. The van der Waals surface area contributed by atoms with Crippen LogP contribution in [0.25, 0.3) is 0 Å². The molecule has 0 heterocycles. The Balaban J connectivity index is 2.60. The Morgan fingerprint density at radius 3 is 2.42 bits per heavy atom. The third kappa shape index (κ3) is 6.42. The van der Waals surface area contributed by atoms with Crippen LogP contribution in [0.15, 0.2) is 36.9 Å². The molecule has 1 rings (SSSR count). The fourth-order valence-electron chi connectivity index (χ4n) is 2.06. The van der Waals surface area contributed by atoms with E-state index in [-0.39, 0.29) is 12.5 Å². The molecule has 0 saturated carbocycles. The van der Waals surface area contributed by atoms with E-state index in [1.807, 2.05) is 13.8 Å². The van der Waals surface area contributed by atoms with Crippen molar-refractivity contribution in [2.24, 2.45) is 5.92 Å². The number of amides is 3. The molecule has 0 aliphatic carbocycles. The molecule has 3 amide bonds. The minimum absolute atomic E-state index is 0.0300. The van der Waals surface area contributed by atoms with Crippen LogP contribution in [-0.2, 0) is 14.3 Å². The van der Waals surface area contributed by atoms with Crippen molar-refractivity contribution in [3.8, 4) is 0 Å². The molecular weight excluding hydrogens is 332 g/mol. The fraction of sp³-hybridized carbons (Fsp3) is 0.353. The number of hydrogen-bond acceptors (Lipinski definition) is 4. The summed E-state index contributed by atoms with van der Waals surface area (Å²) in [5.41, 5.74) is 0.753. The average Bonchev–Trinajstić information content (AvgIpc) is 2.52. The minimum Gasteiger partial charge on any atom is -0.455 e. The molecule has 0 aliphatic rings. The Labute approximate surface area is 146 Å². The van der Waals surface area contributed by atoms with Crippen molar-refractivity contribution in [3.63, 3.8) is 0 Å². The number of benzene rings is 1. The van der Waals surface area contributed by atoms with Crippen molar-refractivity contribution in [1.29, 1.82) is 0 Å². The van der Waals surface area contributed by atoms with Gasteiger partial charge in [0.25, 0.3) is 5.91 Å². The number of rotatable bonds is 7. The maximum absolute atomic E-state index is 12.3. The molecule has 1 atom stereocenters. The van der Waals surface area contributed by atoms with Gasteiger partial charge in [-0.15, -0.1) is 6.58 Å². The summed E-state index contributed by atoms with van der Waals surface area (Å²) in [6, 6.07) is 6.20. The molecular formula is C17H21ClN2O4. The molecule has 130 valence electrons. The first-order valence-electron chi connectivity index (χ1n) is 7.45. The highest BCUT2D eigenvalue weighted by Crippen LogP contribution is 2.27. The van der Waals surface area contributed by atoms with Gasteiger partial charge in [0, 0.05) is 11.6 Å². The summed E-state index contributed by atoms with van der Waals surface area (Å²) in [6.07, 6.45) is 1.48. The Kier molecular flexibility index (Phi) is 7.98. The Bertz CT molecular complexity index is 599. The number of nitrogens with one attached hydrogen (secondary N) is 2. The summed E-state index contributed by atoms with van der Waals surface area (Å²) < 4.78 is 5.03. The predicted octanol–water partition coefficient (Wildman–Crippen LogP) is 2.63. The maximum Gasteiger partial charge on any atom is 0.321 e. The van der Waals surface area contributed by atoms with Crippen LogP contribution in [0.1, 0.15) is 25.3 Å². The molecule has 0 fully saturated rings. The first kappa shape index (κ1) is 19.7. The number of urea groups is 1. The zero-order valence-corrected chi connectivity index (χ0v) is 14.4. The second-order valence-electron chi connectivity index (χ2n) is 5.43. The van der Waals surface area contributed by atoms with E-state index in [1.165, 1.54) is 6.08 Å². The zero-order valence-electron chi connectivity index (χ0n) is 13.7. The van der Waals surface area contributed by atoms with Crippen molar-refractivity contribution < 1.29 is 19.1 Å². The van der Waals surface area contributed by atoms with Crippen LogP contribution in [0.3, 0.4) is 0 Å². The third-order valence-electron chi connectivity index (χ3n) is 3.16. The molecule has 6 nitrogen and oxygen atoms in total. The van der Waals surface area contributed by atoms with Gasteiger partial charge in [-0.05, 0) is 23.6 Å². The van der Waals surface area contributed by atoms with Crippen LogP contribution in [-0.4, -0.2) is 31.1 Å². The summed E-state index contributed by atoms with van der Waals surface area (Å²) in [5, 5.41) is 5.00. The largest absolute Gasteiger partial charge is 0.455 e. The predicted molar refractivity (Wildman–Crippen MR) is 91.7 cm³/mol. The lowest BCUT2D eigenvalue weighted by molar-refractivity contribution is -0.150. The van der Waals surface area contributed by atoms with E-state index in [1.54, 1.807) is 24.3 Å². The van der Waals surface area contributed by atoms with Crippen LogP contribution in [0.4, 0.5) is 4.79 Å². The van der Waals surface area contributed by atoms with Gasteiger partial charge in [0.05, 0.1) is 5.92 Å². The lowest BCUT2D eigenvalue weighted by Crippen LogP contribution is -2.41. The van der Waals surface area contributed by atoms with Crippen LogP contribution in [0, 0.1) is 5.92 Å². The normalized spacial score (nSPS) is 11.5. The molecule has 1 aromatic rings. The smallest absolute Gasteiger partial charge is 0.321 e. The van der Waals surface area contributed by atoms with Crippen LogP contribution in [0.5, 0.6) is 0 Å². The van der Waals surface area contributed by atoms with Crippen molar-refractivity contribution in [2.45, 2.75) is 19.8 Å². The summed E-state index contributed by atoms with van der Waals surface area (Å²) >= 11 is 5.85. The van der Waals surface area contributed by atoms with Gasteiger partial charge in [-0.3, -0.25) is 14.9 Å². The quantitative estimate of drug-likeness (QED) is 0.583. The van der Waals surface area contributed by atoms with E-state index >= 15 is 0 Å². The lowest BCUT2D eigenvalue weighted by Gasteiger charge is -2.19. The number of carbonyl (C=O) groups excluding carboxylic acids is 3. The Morgan fingerprint density at radius 1 is 1.25 bits per heavy atom. The maximum atomic E-state index is 12.3. The van der Waals surface area contributed by atoms with E-state index in [0.717, 1.165) is 5.56 Å². The van der Waals surface area contributed by atoms with Gasteiger partial charge in [0.15, 0.2) is 6.61 Å². The average molecular weight is 353 g/mol. The molecule has 0 aliphatic heterocycles. The highest BCUT2D eigenvalue weighted by molar-refractivity contribution is 6.30. The second kappa shape index (κ2) is 9.72. The highest BCUT2D eigenvalue weighted by atomic mass is 35.5. The number of hydrogen-bond donors (Lipinski definition) is 2. The lowest BCUT2D eigenvalue weighted by atomic mass is 9.88. The van der Waals surface area contributed by atoms with Gasteiger partial charge < -0.3 is 10.1 Å². The molecule has 0 unspecified atom stereocenters. The Hall–Kier alpha value is -2.34. The van der Waals surface area contributed by atoms with Crippen LogP contribution >= 0.6 is 11.6 Å². The highest BCUT2D eigenvalue weighted by Gasteiger charge is 2.26. The van der Waals surface area contributed by atoms with Gasteiger partial charge in [-0.1, -0.05) is 43.7 Å². The van der Waals surface area contributed by atoms with Crippen LogP contribution in [0.2, 0.25) is 5.02 Å². The van der Waals surface area contributed by atoms with E-state index < -0.39 is 30.4 Å². The molecule has 24 heavy (non-hydrogen) atoms. The molecule has 0 spiro atoms. The van der Waals surface area contributed by atoms with Crippen LogP contribution < -0.4 is 10.6 Å². The summed E-state index contributed by atoms with van der Waals surface area (Å²) in [7, 11) is 0. The number of halogens is 1. The zero-order chi connectivity index (χ0) is 18.1. The number of imide groups is 1. The first-order valence-corrected chi connectivity index (χ1v) is 7.83. The standard InChI is InChI=1S/C17H21ClN2O4/c1-4-9-19-17(23)20-14(21)10-24-16(22)15(11(2)3)12-5-7-13(18)8-6-12/h4-8,11,15H,1,9-10H2,2-3H3,(H2,19,20,21,23)/t15-/m1/s1. The van der Waals surface area contributed by atoms with Crippen molar-refractivity contribution in [1.82, 2.24) is 10.6 Å². The number of esters is 1. The van der Waals surface area contributed by atoms with Gasteiger partial charge >= 0.3 is 12.0 Å². The minimum atomic E-state index is -0.705. The first-order chi connectivity index (χ1) is 11.3. The van der Waals surface area contributed by atoms with Gasteiger partial charge in [0.2, 0.25) is 0 Å². The van der Waals surface area contributed by atoms with Gasteiger partial charge in [-0.25, -0.2) is 4.79 Å². The van der Waals surface area contributed by atoms with E-state index in [9.17, 15) is 14.4 Å². The van der Waals surface area contributed by atoms with Crippen molar-refractivity contribution in [2.75, 3.05) is 13.2 Å². The third-order valence-corrected chi connectivity index (χ3v) is 3.41. The van der Waals surface area contributed by atoms with Crippen molar-refractivity contribution in [3.05, 3.63) is 47.5 Å². The topological polar surface area (TPSA) is 84.5 Å². The number of ether oxygens (including phenoxy) is 1. The summed E-state index contributed by atoms with van der Waals surface area (Å²) in [6.45, 7) is 6.89. The number of carbonyl (C=O) groups is 3. The molecule has 0 saturated heterocycles. The van der Waals surface area contributed by atoms with E-state index in [0.29, 0.717) is 5.02 Å². The summed E-state index contributed by atoms with van der Waals surface area (Å²) in [4.78, 5) is 35.2. The molecule has 7 heteroatoms. The monoisotopic (exact) mass is 352 g/mol. The second-order valence-corrected chi connectivity index (χ2v) is 5.86. The molecule has 1 aromatic carbocycles. The van der Waals surface area contributed by atoms with Crippen molar-refractivity contribution >= 4 is 29.5 Å². The molecule has 0 aromatic heterocycles.